The van der Waals surface area contributed by atoms with Crippen molar-refractivity contribution in [3.63, 3.8) is 0 Å². The van der Waals surface area contributed by atoms with Crippen molar-refractivity contribution < 1.29 is 9.53 Å². The number of nitrogens with one attached hydrogen (secondary N) is 1. The van der Waals surface area contributed by atoms with Gasteiger partial charge in [0.15, 0.2) is 5.96 Å². The lowest BCUT2D eigenvalue weighted by atomic mass is 10.2. The maximum Gasteiger partial charge on any atom is 0.251 e. The lowest BCUT2D eigenvalue weighted by molar-refractivity contribution is -0.142. The standard InChI is InChI=1S/C17H25BrN4O2S.HI/c1-2-19-17(20-12-13-5-6-15(18)25-13)22-9-7-21(8-10-22)16(23)14-4-3-11-24-14;/h5-6,14H,2-4,7-12H2,1H3,(H,19,20);1H. The topological polar surface area (TPSA) is 57.2 Å². The molecule has 146 valence electrons. The van der Waals surface area contributed by atoms with Crippen LogP contribution in [0.4, 0.5) is 0 Å². The molecule has 2 aliphatic heterocycles. The molecular formula is C17H26BrIN4O2S. The van der Waals surface area contributed by atoms with E-state index < -0.39 is 0 Å². The predicted octanol–water partition coefficient (Wildman–Crippen LogP) is 2.92. The van der Waals surface area contributed by atoms with Gasteiger partial charge >= 0.3 is 0 Å². The summed E-state index contributed by atoms with van der Waals surface area (Å²) in [4.78, 5) is 22.6. The monoisotopic (exact) mass is 556 g/mol. The molecule has 0 spiro atoms. The highest BCUT2D eigenvalue weighted by Crippen LogP contribution is 2.22. The summed E-state index contributed by atoms with van der Waals surface area (Å²) >= 11 is 5.20. The van der Waals surface area contributed by atoms with Crippen molar-refractivity contribution in [2.24, 2.45) is 4.99 Å². The van der Waals surface area contributed by atoms with E-state index in [1.165, 1.54) is 4.88 Å². The second kappa shape index (κ2) is 10.8. The Kier molecular flexibility index (Phi) is 9.11. The summed E-state index contributed by atoms with van der Waals surface area (Å²) in [6.07, 6.45) is 1.64. The highest BCUT2D eigenvalue weighted by Gasteiger charge is 2.30. The number of nitrogens with zero attached hydrogens (tertiary/aromatic N) is 3. The van der Waals surface area contributed by atoms with Gasteiger partial charge in [-0.05, 0) is 47.8 Å². The summed E-state index contributed by atoms with van der Waals surface area (Å²) in [6.45, 7) is 7.37. The Morgan fingerprint density at radius 2 is 2.08 bits per heavy atom. The molecule has 1 unspecified atom stereocenters. The van der Waals surface area contributed by atoms with Crippen LogP contribution in [0.3, 0.4) is 0 Å². The van der Waals surface area contributed by atoms with Crippen LogP contribution in [0.15, 0.2) is 20.9 Å². The van der Waals surface area contributed by atoms with Gasteiger partial charge in [-0.3, -0.25) is 4.79 Å². The number of thiophene rings is 1. The molecule has 1 atom stereocenters. The zero-order valence-electron chi connectivity index (χ0n) is 14.9. The van der Waals surface area contributed by atoms with Crippen LogP contribution in [0.2, 0.25) is 0 Å². The van der Waals surface area contributed by atoms with Gasteiger partial charge in [-0.25, -0.2) is 4.99 Å². The lowest BCUT2D eigenvalue weighted by Crippen LogP contribution is -2.55. The van der Waals surface area contributed by atoms with E-state index in [0.29, 0.717) is 13.2 Å². The fraction of sp³-hybridized carbons (Fsp3) is 0.647. The first-order valence-corrected chi connectivity index (χ1v) is 10.5. The van der Waals surface area contributed by atoms with E-state index in [1.54, 1.807) is 11.3 Å². The van der Waals surface area contributed by atoms with Gasteiger partial charge < -0.3 is 19.9 Å². The van der Waals surface area contributed by atoms with Crippen molar-refractivity contribution in [2.45, 2.75) is 32.4 Å². The number of carbonyl (C=O) groups excluding carboxylic acids is 1. The van der Waals surface area contributed by atoms with Crippen LogP contribution in [-0.4, -0.2) is 67.1 Å². The van der Waals surface area contributed by atoms with E-state index in [9.17, 15) is 4.79 Å². The molecular weight excluding hydrogens is 531 g/mol. The molecule has 1 aromatic heterocycles. The van der Waals surface area contributed by atoms with E-state index in [4.69, 9.17) is 9.73 Å². The number of amides is 1. The zero-order chi connectivity index (χ0) is 17.6. The minimum atomic E-state index is -0.217. The maximum absolute atomic E-state index is 12.4. The molecule has 0 bridgehead atoms. The Hall–Kier alpha value is -0.390. The smallest absolute Gasteiger partial charge is 0.251 e. The number of rotatable bonds is 4. The third-order valence-corrected chi connectivity index (χ3v) is 6.05. The van der Waals surface area contributed by atoms with Crippen LogP contribution in [0.5, 0.6) is 0 Å². The molecule has 2 fully saturated rings. The summed E-state index contributed by atoms with van der Waals surface area (Å²) in [6, 6.07) is 4.15. The number of guanidine groups is 1. The number of hydrogen-bond acceptors (Lipinski definition) is 4. The first-order chi connectivity index (χ1) is 12.2. The van der Waals surface area contributed by atoms with Crippen molar-refractivity contribution in [1.29, 1.82) is 0 Å². The third-order valence-electron chi connectivity index (χ3n) is 4.44. The molecule has 6 nitrogen and oxygen atoms in total. The van der Waals surface area contributed by atoms with E-state index in [-0.39, 0.29) is 36.0 Å². The second-order valence-electron chi connectivity index (χ2n) is 6.19. The second-order valence-corrected chi connectivity index (χ2v) is 8.74. The Morgan fingerprint density at radius 3 is 2.65 bits per heavy atom. The SMILES string of the molecule is CCNC(=NCc1ccc(Br)s1)N1CCN(C(=O)C2CCCO2)CC1.I. The van der Waals surface area contributed by atoms with E-state index in [1.807, 2.05) is 4.90 Å². The fourth-order valence-corrected chi connectivity index (χ4v) is 4.54. The van der Waals surface area contributed by atoms with Crippen LogP contribution in [0, 0.1) is 0 Å². The quantitative estimate of drug-likeness (QED) is 0.352. The van der Waals surface area contributed by atoms with Gasteiger partial charge in [0, 0.05) is 44.2 Å². The van der Waals surface area contributed by atoms with Crippen molar-refractivity contribution in [2.75, 3.05) is 39.3 Å². The molecule has 2 aliphatic rings. The Balaban J connectivity index is 0.00000243. The van der Waals surface area contributed by atoms with Gasteiger partial charge in [-0.2, -0.15) is 0 Å². The minimum absolute atomic E-state index is 0. The van der Waals surface area contributed by atoms with Crippen molar-refractivity contribution in [1.82, 2.24) is 15.1 Å². The maximum atomic E-state index is 12.4. The summed E-state index contributed by atoms with van der Waals surface area (Å²) in [7, 11) is 0. The first kappa shape index (κ1) is 21.9. The van der Waals surface area contributed by atoms with Gasteiger partial charge in [0.05, 0.1) is 10.3 Å². The minimum Gasteiger partial charge on any atom is -0.368 e. The highest BCUT2D eigenvalue weighted by atomic mass is 127. The third kappa shape index (κ3) is 5.80. The van der Waals surface area contributed by atoms with Crippen LogP contribution >= 0.6 is 51.2 Å². The summed E-state index contributed by atoms with van der Waals surface area (Å²) in [5.74, 6) is 1.08. The van der Waals surface area contributed by atoms with E-state index in [2.05, 4.69) is 45.2 Å². The number of carbonyl (C=O) groups is 1. The van der Waals surface area contributed by atoms with Crippen LogP contribution in [0.25, 0.3) is 0 Å². The summed E-state index contributed by atoms with van der Waals surface area (Å²) in [5.41, 5.74) is 0. The Labute approximate surface area is 184 Å². The van der Waals surface area contributed by atoms with Gasteiger partial charge in [0.25, 0.3) is 5.91 Å². The number of piperazine rings is 1. The molecule has 2 saturated heterocycles. The van der Waals surface area contributed by atoms with E-state index in [0.717, 1.165) is 55.3 Å². The normalized spacial score (nSPS) is 20.8. The summed E-state index contributed by atoms with van der Waals surface area (Å²) in [5, 5.41) is 3.37. The molecule has 1 aromatic rings. The van der Waals surface area contributed by atoms with Gasteiger partial charge in [-0.15, -0.1) is 35.3 Å². The van der Waals surface area contributed by atoms with Gasteiger partial charge in [-0.1, -0.05) is 0 Å². The van der Waals surface area contributed by atoms with Crippen molar-refractivity contribution in [3.8, 4) is 0 Å². The lowest BCUT2D eigenvalue weighted by Gasteiger charge is -2.37. The van der Waals surface area contributed by atoms with Crippen LogP contribution in [0.1, 0.15) is 24.6 Å². The van der Waals surface area contributed by atoms with Gasteiger partial charge in [0.1, 0.15) is 6.10 Å². The molecule has 9 heteroatoms. The van der Waals surface area contributed by atoms with E-state index >= 15 is 0 Å². The molecule has 26 heavy (non-hydrogen) atoms. The molecule has 0 radical (unpaired) electrons. The highest BCUT2D eigenvalue weighted by molar-refractivity contribution is 14.0. The van der Waals surface area contributed by atoms with Crippen molar-refractivity contribution in [3.05, 3.63) is 20.8 Å². The van der Waals surface area contributed by atoms with Crippen LogP contribution in [-0.2, 0) is 16.1 Å². The largest absolute Gasteiger partial charge is 0.368 e. The molecule has 0 aliphatic carbocycles. The number of aliphatic imine (C=N–C) groups is 1. The molecule has 1 amide bonds. The van der Waals surface area contributed by atoms with Crippen molar-refractivity contribution >= 4 is 63.1 Å². The molecule has 1 N–H and O–H groups in total. The van der Waals surface area contributed by atoms with Crippen LogP contribution < -0.4 is 5.32 Å². The molecule has 0 aromatic carbocycles. The number of halogens is 2. The molecule has 0 saturated carbocycles. The predicted molar refractivity (Wildman–Crippen MR) is 119 cm³/mol. The molecule has 3 rings (SSSR count). The summed E-state index contributed by atoms with van der Waals surface area (Å²) < 4.78 is 6.66. The molecule has 3 heterocycles. The fourth-order valence-electron chi connectivity index (χ4n) is 3.13. The Morgan fingerprint density at radius 1 is 1.35 bits per heavy atom. The van der Waals surface area contributed by atoms with Gasteiger partial charge in [0.2, 0.25) is 0 Å². The number of hydrogen-bond donors (Lipinski definition) is 1. The average molecular weight is 557 g/mol. The Bertz CT molecular complexity index is 614. The number of ether oxygens (including phenoxy) is 1. The average Bonchev–Trinajstić information content (AvgIpc) is 3.30. The first-order valence-electron chi connectivity index (χ1n) is 8.85. The zero-order valence-corrected chi connectivity index (χ0v) is 19.7.